The van der Waals surface area contributed by atoms with Crippen molar-refractivity contribution in [1.29, 1.82) is 0 Å². The summed E-state index contributed by atoms with van der Waals surface area (Å²) < 4.78 is 0. The Bertz CT molecular complexity index is 82.2. The number of alkyl halides is 2. The summed E-state index contributed by atoms with van der Waals surface area (Å²) in [6, 6.07) is 1.38. The fourth-order valence-corrected chi connectivity index (χ4v) is 1.33. The minimum Gasteiger partial charge on any atom is -0.400 e. The third-order valence-corrected chi connectivity index (χ3v) is 1.69. The van der Waals surface area contributed by atoms with Gasteiger partial charge in [-0.15, -0.1) is 23.2 Å². The Morgan fingerprint density at radius 3 is 1.21 bits per heavy atom. The van der Waals surface area contributed by atoms with Crippen LogP contribution in [-0.2, 0) is 0 Å². The molecule has 0 unspecified atom stereocenters. The quantitative estimate of drug-likeness (QED) is 0.773. The van der Waals surface area contributed by atoms with Gasteiger partial charge in [0.15, 0.2) is 0 Å². The van der Waals surface area contributed by atoms with Gasteiger partial charge in [-0.3, -0.25) is 4.90 Å². The van der Waals surface area contributed by atoms with Crippen LogP contribution in [0.2, 0.25) is 0 Å². The average Bonchev–Trinajstić information content (AvgIpc) is 2.08. The summed E-state index contributed by atoms with van der Waals surface area (Å²) in [6.07, 6.45) is 0. The smallest absolute Gasteiger partial charge is 0.0967 e. The van der Waals surface area contributed by atoms with Crippen molar-refractivity contribution in [3.63, 3.8) is 0 Å². The number of nitrogens with zero attached hydrogens (tertiary/aromatic N) is 1. The largest absolute Gasteiger partial charge is 0.400 e. The number of rotatable bonds is 3. The van der Waals surface area contributed by atoms with Gasteiger partial charge in [0.1, 0.15) is 0 Å². The van der Waals surface area contributed by atoms with Crippen molar-refractivity contribution in [2.75, 3.05) is 19.0 Å². The molecule has 0 radical (unpaired) electrons. The van der Waals surface area contributed by atoms with Crippen LogP contribution in [0.1, 0.15) is 34.6 Å². The number of aliphatic hydroxyl groups excluding tert-OH is 1. The molecule has 0 amide bonds. The Morgan fingerprint density at radius 1 is 1.00 bits per heavy atom. The van der Waals surface area contributed by atoms with Gasteiger partial charge in [0.05, 0.1) is 5.34 Å². The second-order valence-corrected chi connectivity index (χ2v) is 3.93. The molecule has 0 rings (SSSR count). The lowest BCUT2D eigenvalue weighted by Crippen LogP contribution is -2.36. The normalized spacial score (nSPS) is 9.43. The van der Waals surface area contributed by atoms with Crippen LogP contribution in [0.5, 0.6) is 0 Å². The molecule has 1 N–H and O–H groups in total. The second-order valence-electron chi connectivity index (χ2n) is 3.12. The average molecular weight is 246 g/mol. The minimum absolute atomic E-state index is 0.194. The number of hydrogen-bond acceptors (Lipinski definition) is 2. The van der Waals surface area contributed by atoms with Crippen molar-refractivity contribution >= 4 is 23.2 Å². The van der Waals surface area contributed by atoms with Crippen LogP contribution in [0, 0.1) is 0 Å². The summed E-state index contributed by atoms with van der Waals surface area (Å²) in [4.78, 5) is 2.46. The molecule has 0 bridgehead atoms. The lowest BCUT2D eigenvalue weighted by atomic mass is 10.2. The molecule has 0 fully saturated rings. The van der Waals surface area contributed by atoms with E-state index in [1.807, 2.05) is 0 Å². The first-order valence-electron chi connectivity index (χ1n) is 4.83. The van der Waals surface area contributed by atoms with Gasteiger partial charge in [-0.2, -0.15) is 0 Å². The van der Waals surface area contributed by atoms with E-state index in [2.05, 4.69) is 39.5 Å². The minimum atomic E-state index is 0.194. The molecule has 0 heterocycles. The first-order chi connectivity index (χ1) is 6.51. The summed E-state index contributed by atoms with van der Waals surface area (Å²) in [7, 11) is 1.00. The summed E-state index contributed by atoms with van der Waals surface area (Å²) in [6.45, 7) is 12.3. The highest BCUT2D eigenvalue weighted by Gasteiger charge is 2.08. The van der Waals surface area contributed by atoms with Crippen molar-refractivity contribution in [1.82, 2.24) is 4.90 Å². The molecule has 4 heteroatoms. The van der Waals surface area contributed by atoms with E-state index in [0.29, 0.717) is 12.1 Å². The third kappa shape index (κ3) is 15.0. The molecular weight excluding hydrogens is 221 g/mol. The van der Waals surface area contributed by atoms with E-state index in [-0.39, 0.29) is 5.34 Å². The monoisotopic (exact) mass is 245 g/mol. The molecule has 2 nitrogen and oxygen atoms in total. The van der Waals surface area contributed by atoms with E-state index in [0.717, 1.165) is 13.7 Å². The van der Waals surface area contributed by atoms with Crippen LogP contribution in [0.25, 0.3) is 0 Å². The van der Waals surface area contributed by atoms with E-state index in [9.17, 15) is 0 Å². The van der Waals surface area contributed by atoms with E-state index < -0.39 is 0 Å². The SMILES string of the molecule is CCN(C(C)C)C(C)C.CO.ClCCl. The zero-order chi connectivity index (χ0) is 12.1. The molecule has 0 spiro atoms. The molecule has 0 aliphatic heterocycles. The van der Waals surface area contributed by atoms with Gasteiger partial charge >= 0.3 is 0 Å². The predicted molar refractivity (Wildman–Crippen MR) is 67.4 cm³/mol. The van der Waals surface area contributed by atoms with Gasteiger partial charge in [0.25, 0.3) is 0 Å². The highest BCUT2D eigenvalue weighted by Crippen LogP contribution is 2.02. The van der Waals surface area contributed by atoms with E-state index >= 15 is 0 Å². The van der Waals surface area contributed by atoms with Gasteiger partial charge in [0, 0.05) is 19.2 Å². The number of aliphatic hydroxyl groups is 1. The van der Waals surface area contributed by atoms with Gasteiger partial charge in [-0.1, -0.05) is 6.92 Å². The number of hydrogen-bond donors (Lipinski definition) is 1. The van der Waals surface area contributed by atoms with Crippen LogP contribution in [0.4, 0.5) is 0 Å². The molecule has 90 valence electrons. The Labute approximate surface area is 99.2 Å². The van der Waals surface area contributed by atoms with Crippen molar-refractivity contribution in [2.24, 2.45) is 0 Å². The Kier molecular flexibility index (Phi) is 22.8. The van der Waals surface area contributed by atoms with Crippen molar-refractivity contribution in [2.45, 2.75) is 46.7 Å². The fourth-order valence-electron chi connectivity index (χ4n) is 1.33. The van der Waals surface area contributed by atoms with Crippen molar-refractivity contribution in [3.8, 4) is 0 Å². The maximum absolute atomic E-state index is 7.00. The third-order valence-electron chi connectivity index (χ3n) is 1.69. The molecule has 0 saturated heterocycles. The van der Waals surface area contributed by atoms with Crippen LogP contribution in [0.3, 0.4) is 0 Å². The van der Waals surface area contributed by atoms with E-state index in [4.69, 9.17) is 28.3 Å². The Balaban J connectivity index is -0.000000205. The Hall–Kier alpha value is 0.500. The Morgan fingerprint density at radius 2 is 1.21 bits per heavy atom. The molecule has 0 saturated carbocycles. The van der Waals surface area contributed by atoms with Crippen LogP contribution < -0.4 is 0 Å². The zero-order valence-electron chi connectivity index (χ0n) is 10.2. The number of halogens is 2. The molecule has 0 aliphatic rings. The zero-order valence-corrected chi connectivity index (χ0v) is 11.7. The predicted octanol–water partition coefficient (Wildman–Crippen LogP) is 3.16. The molecule has 0 aromatic heterocycles. The molecule has 0 aromatic carbocycles. The van der Waals surface area contributed by atoms with Gasteiger partial charge in [-0.25, -0.2) is 0 Å². The highest BCUT2D eigenvalue weighted by atomic mass is 35.5. The van der Waals surface area contributed by atoms with Crippen molar-refractivity contribution in [3.05, 3.63) is 0 Å². The van der Waals surface area contributed by atoms with Crippen LogP contribution in [-0.4, -0.2) is 41.1 Å². The molecule has 0 aromatic rings. The summed E-state index contributed by atoms with van der Waals surface area (Å²) in [5.41, 5.74) is 0. The lowest BCUT2D eigenvalue weighted by molar-refractivity contribution is 0.185. The fraction of sp³-hybridized carbons (Fsp3) is 1.00. The molecule has 14 heavy (non-hydrogen) atoms. The summed E-state index contributed by atoms with van der Waals surface area (Å²) in [5, 5.41) is 7.19. The standard InChI is InChI=1S/C8H19N.CH2Cl2.CH4O/c1-6-9(7(2)3)8(4)5;2-1-3;1-2/h7-8H,6H2,1-5H3;1H2;2H,1H3. The molecule has 0 aliphatic carbocycles. The first-order valence-corrected chi connectivity index (χ1v) is 5.90. The second kappa shape index (κ2) is 15.9. The molecule has 0 atom stereocenters. The van der Waals surface area contributed by atoms with Gasteiger partial charge < -0.3 is 5.11 Å². The maximum Gasteiger partial charge on any atom is 0.0967 e. The summed E-state index contributed by atoms with van der Waals surface area (Å²) in [5.74, 6) is 0. The van der Waals surface area contributed by atoms with Crippen LogP contribution in [0.15, 0.2) is 0 Å². The van der Waals surface area contributed by atoms with Gasteiger partial charge in [0.2, 0.25) is 0 Å². The summed E-state index contributed by atoms with van der Waals surface area (Å²) >= 11 is 9.53. The topological polar surface area (TPSA) is 23.5 Å². The molecular formula is C10H25Cl2NO. The van der Waals surface area contributed by atoms with Crippen LogP contribution >= 0.6 is 23.2 Å². The highest BCUT2D eigenvalue weighted by molar-refractivity contribution is 6.40. The van der Waals surface area contributed by atoms with E-state index in [1.165, 1.54) is 0 Å². The van der Waals surface area contributed by atoms with Gasteiger partial charge in [-0.05, 0) is 34.2 Å². The lowest BCUT2D eigenvalue weighted by Gasteiger charge is -2.28. The van der Waals surface area contributed by atoms with E-state index in [1.54, 1.807) is 0 Å². The van der Waals surface area contributed by atoms with Crippen molar-refractivity contribution < 1.29 is 5.11 Å². The first kappa shape index (κ1) is 20.0. The maximum atomic E-state index is 7.00.